The molecular formula is C48H32N4. The summed E-state index contributed by atoms with van der Waals surface area (Å²) >= 11 is 0. The number of para-hydroxylation sites is 1. The summed E-state index contributed by atoms with van der Waals surface area (Å²) in [4.78, 5) is 19.9. The number of fused-ring (bicyclic) bond motifs is 1. The van der Waals surface area contributed by atoms with Gasteiger partial charge in [-0.15, -0.1) is 0 Å². The van der Waals surface area contributed by atoms with Gasteiger partial charge < -0.3 is 0 Å². The second-order valence-corrected chi connectivity index (χ2v) is 12.7. The molecule has 0 saturated heterocycles. The van der Waals surface area contributed by atoms with Gasteiger partial charge in [-0.3, -0.25) is 4.98 Å². The molecule has 0 radical (unpaired) electrons. The monoisotopic (exact) mass is 664 g/mol. The van der Waals surface area contributed by atoms with Crippen molar-refractivity contribution in [2.45, 2.75) is 0 Å². The average Bonchev–Trinajstić information content (AvgIpc) is 3.24. The number of hydrogen-bond donors (Lipinski definition) is 0. The minimum Gasteiger partial charge on any atom is -0.256 e. The van der Waals surface area contributed by atoms with Crippen LogP contribution in [-0.2, 0) is 0 Å². The van der Waals surface area contributed by atoms with Gasteiger partial charge in [-0.2, -0.15) is 0 Å². The molecule has 9 aromatic rings. The van der Waals surface area contributed by atoms with E-state index in [1.54, 1.807) is 0 Å². The van der Waals surface area contributed by atoms with Crippen LogP contribution in [0.25, 0.3) is 89.6 Å². The number of aromatic nitrogens is 4. The smallest absolute Gasteiger partial charge is 0.164 e. The molecule has 4 nitrogen and oxygen atoms in total. The lowest BCUT2D eigenvalue weighted by molar-refractivity contribution is 1.07. The molecule has 0 fully saturated rings. The minimum atomic E-state index is 0.609. The first-order valence-corrected chi connectivity index (χ1v) is 17.4. The van der Waals surface area contributed by atoms with Gasteiger partial charge in [0.25, 0.3) is 0 Å². The lowest BCUT2D eigenvalue weighted by Gasteiger charge is -2.17. The van der Waals surface area contributed by atoms with Crippen LogP contribution in [0.5, 0.6) is 0 Å². The molecule has 0 amide bonds. The highest BCUT2D eigenvalue weighted by Crippen LogP contribution is 2.41. The van der Waals surface area contributed by atoms with E-state index < -0.39 is 0 Å². The van der Waals surface area contributed by atoms with Gasteiger partial charge in [-0.25, -0.2) is 15.0 Å². The maximum Gasteiger partial charge on any atom is 0.164 e. The number of nitrogens with zero attached hydrogens (tertiary/aromatic N) is 4. The van der Waals surface area contributed by atoms with Gasteiger partial charge in [0.2, 0.25) is 0 Å². The van der Waals surface area contributed by atoms with Crippen LogP contribution in [0.4, 0.5) is 0 Å². The predicted octanol–water partition coefficient (Wildman–Crippen LogP) is 12.1. The molecule has 0 aliphatic carbocycles. The molecule has 0 aliphatic heterocycles. The fourth-order valence-electron chi connectivity index (χ4n) is 6.85. The topological polar surface area (TPSA) is 51.6 Å². The molecular weight excluding hydrogens is 633 g/mol. The Bertz CT molecular complexity index is 2590. The summed E-state index contributed by atoms with van der Waals surface area (Å²) in [6.45, 7) is 0. The van der Waals surface area contributed by atoms with Gasteiger partial charge in [0.1, 0.15) is 0 Å². The van der Waals surface area contributed by atoms with Gasteiger partial charge in [0.15, 0.2) is 17.5 Å². The van der Waals surface area contributed by atoms with Crippen LogP contribution in [0.1, 0.15) is 0 Å². The fourth-order valence-corrected chi connectivity index (χ4v) is 6.85. The summed E-state index contributed by atoms with van der Waals surface area (Å²) in [5.41, 5.74) is 12.7. The van der Waals surface area contributed by atoms with Crippen LogP contribution < -0.4 is 0 Å². The highest BCUT2D eigenvalue weighted by molar-refractivity contribution is 6.00. The quantitative estimate of drug-likeness (QED) is 0.170. The Kier molecular flexibility index (Phi) is 8.16. The Labute approximate surface area is 302 Å². The Hall–Kier alpha value is -7.04. The van der Waals surface area contributed by atoms with Crippen molar-refractivity contribution in [3.05, 3.63) is 194 Å². The predicted molar refractivity (Wildman–Crippen MR) is 213 cm³/mol. The summed E-state index contributed by atoms with van der Waals surface area (Å²) in [6, 6.07) is 65.2. The van der Waals surface area contributed by atoms with Crippen molar-refractivity contribution >= 4 is 10.9 Å². The molecule has 0 saturated carbocycles. The first-order chi connectivity index (χ1) is 25.8. The standard InChI is InChI=1S/C48H32N4/c1-5-15-33(16-6-1)40-28-26-38(31-43(40)34-17-7-2-8-18-34)41-29-27-39(32-44(41)42-25-13-23-35-24-14-30-49-45(35)42)48-51-46(36-19-9-3-10-20-36)50-47(52-48)37-21-11-4-12-22-37/h1-32H. The van der Waals surface area contributed by atoms with Crippen LogP contribution in [-0.4, -0.2) is 19.9 Å². The number of hydrogen-bond acceptors (Lipinski definition) is 4. The van der Waals surface area contributed by atoms with Gasteiger partial charge in [0, 0.05) is 33.8 Å². The van der Waals surface area contributed by atoms with Gasteiger partial charge >= 0.3 is 0 Å². The SMILES string of the molecule is c1ccc(-c2nc(-c3ccccc3)nc(-c3ccc(-c4ccc(-c5ccccc5)c(-c5ccccc5)c4)c(-c4cccc5cccnc45)c3)n2)cc1. The van der Waals surface area contributed by atoms with Crippen molar-refractivity contribution in [1.82, 2.24) is 19.9 Å². The fraction of sp³-hybridized carbons (Fsp3) is 0. The zero-order chi connectivity index (χ0) is 34.7. The lowest BCUT2D eigenvalue weighted by atomic mass is 9.87. The summed E-state index contributed by atoms with van der Waals surface area (Å²) in [6.07, 6.45) is 1.86. The summed E-state index contributed by atoms with van der Waals surface area (Å²) in [5.74, 6) is 1.87. The highest BCUT2D eigenvalue weighted by atomic mass is 15.0. The molecule has 0 unspecified atom stereocenters. The van der Waals surface area contributed by atoms with Gasteiger partial charge in [0.05, 0.1) is 5.52 Å². The van der Waals surface area contributed by atoms with Crippen LogP contribution in [0, 0.1) is 0 Å². The molecule has 4 heteroatoms. The molecule has 7 aromatic carbocycles. The molecule has 0 aliphatic rings. The van der Waals surface area contributed by atoms with Crippen LogP contribution >= 0.6 is 0 Å². The minimum absolute atomic E-state index is 0.609. The number of benzene rings is 7. The number of rotatable bonds is 7. The molecule has 2 heterocycles. The molecule has 2 aromatic heterocycles. The second-order valence-electron chi connectivity index (χ2n) is 12.7. The van der Waals surface area contributed by atoms with E-state index in [-0.39, 0.29) is 0 Å². The largest absolute Gasteiger partial charge is 0.256 e. The summed E-state index contributed by atoms with van der Waals surface area (Å²) in [5, 5.41) is 1.08. The first-order valence-electron chi connectivity index (χ1n) is 17.4. The van der Waals surface area contributed by atoms with E-state index >= 15 is 0 Å². The second kappa shape index (κ2) is 13.7. The highest BCUT2D eigenvalue weighted by Gasteiger charge is 2.18. The Morgan fingerprint density at radius 1 is 0.269 bits per heavy atom. The van der Waals surface area contributed by atoms with Crippen LogP contribution in [0.3, 0.4) is 0 Å². The zero-order valence-electron chi connectivity index (χ0n) is 28.3. The lowest BCUT2D eigenvalue weighted by Crippen LogP contribution is -2.00. The van der Waals surface area contributed by atoms with E-state index in [9.17, 15) is 0 Å². The molecule has 9 rings (SSSR count). The molecule has 0 atom stereocenters. The average molecular weight is 665 g/mol. The molecule has 0 spiro atoms. The maximum atomic E-state index is 5.06. The van der Waals surface area contributed by atoms with E-state index in [1.807, 2.05) is 72.9 Å². The van der Waals surface area contributed by atoms with E-state index in [0.717, 1.165) is 49.8 Å². The van der Waals surface area contributed by atoms with Crippen molar-refractivity contribution in [3.8, 4) is 78.7 Å². The molecule has 0 bridgehead atoms. The third-order valence-corrected chi connectivity index (χ3v) is 9.40. The molecule has 52 heavy (non-hydrogen) atoms. The van der Waals surface area contributed by atoms with E-state index in [0.29, 0.717) is 17.5 Å². The van der Waals surface area contributed by atoms with E-state index in [4.69, 9.17) is 19.9 Å². The summed E-state index contributed by atoms with van der Waals surface area (Å²) < 4.78 is 0. The van der Waals surface area contributed by atoms with Gasteiger partial charge in [-0.05, 0) is 57.1 Å². The van der Waals surface area contributed by atoms with Crippen molar-refractivity contribution in [2.75, 3.05) is 0 Å². The van der Waals surface area contributed by atoms with Crippen LogP contribution in [0.2, 0.25) is 0 Å². The third-order valence-electron chi connectivity index (χ3n) is 9.40. The number of pyridine rings is 1. The van der Waals surface area contributed by atoms with Crippen molar-refractivity contribution in [3.63, 3.8) is 0 Å². The van der Waals surface area contributed by atoms with E-state index in [2.05, 4.69) is 121 Å². The van der Waals surface area contributed by atoms with Crippen molar-refractivity contribution in [1.29, 1.82) is 0 Å². The maximum absolute atomic E-state index is 5.06. The Balaban J connectivity index is 1.28. The van der Waals surface area contributed by atoms with E-state index in [1.165, 1.54) is 22.3 Å². The first kappa shape index (κ1) is 31.0. The molecule has 244 valence electrons. The third kappa shape index (κ3) is 6.03. The normalized spacial score (nSPS) is 11.1. The molecule has 0 N–H and O–H groups in total. The zero-order valence-corrected chi connectivity index (χ0v) is 28.3. The Morgan fingerprint density at radius 2 is 0.731 bits per heavy atom. The van der Waals surface area contributed by atoms with Gasteiger partial charge in [-0.1, -0.05) is 170 Å². The Morgan fingerprint density at radius 3 is 1.33 bits per heavy atom. The van der Waals surface area contributed by atoms with Crippen molar-refractivity contribution < 1.29 is 0 Å². The summed E-state index contributed by atoms with van der Waals surface area (Å²) in [7, 11) is 0. The van der Waals surface area contributed by atoms with Crippen LogP contribution in [0.15, 0.2) is 194 Å². The van der Waals surface area contributed by atoms with Crippen molar-refractivity contribution in [2.24, 2.45) is 0 Å².